The van der Waals surface area contributed by atoms with E-state index in [1.807, 2.05) is 0 Å². The summed E-state index contributed by atoms with van der Waals surface area (Å²) >= 11 is 0. The van der Waals surface area contributed by atoms with E-state index in [2.05, 4.69) is 19.5 Å². The van der Waals surface area contributed by atoms with Crippen molar-refractivity contribution in [3.63, 3.8) is 0 Å². The molecule has 0 aromatic carbocycles. The molecule has 3 N–H and O–H groups in total. The van der Waals surface area contributed by atoms with Crippen LogP contribution in [0.5, 0.6) is 0 Å². The smallest absolute Gasteiger partial charge is 0.480 e. The zero-order valence-corrected chi connectivity index (χ0v) is 13.2. The number of carboxylic acids is 1. The van der Waals surface area contributed by atoms with Gasteiger partial charge in [0.1, 0.15) is 6.04 Å². The molecule has 0 rings (SSSR count). The van der Waals surface area contributed by atoms with Crippen LogP contribution in [0.1, 0.15) is 26.2 Å². The average molecular weight is 335 g/mol. The van der Waals surface area contributed by atoms with Gasteiger partial charge in [0, 0.05) is 6.92 Å². The highest BCUT2D eigenvalue weighted by Gasteiger charge is 2.16. The van der Waals surface area contributed by atoms with Crippen molar-refractivity contribution in [3.05, 3.63) is 0 Å². The van der Waals surface area contributed by atoms with E-state index in [1.165, 1.54) is 6.92 Å². The fourth-order valence-electron chi connectivity index (χ4n) is 1.33. The first-order chi connectivity index (χ1) is 10.8. The van der Waals surface area contributed by atoms with Crippen molar-refractivity contribution < 1.29 is 38.6 Å². The van der Waals surface area contributed by atoms with Crippen LogP contribution in [0.15, 0.2) is 5.16 Å². The van der Waals surface area contributed by atoms with Gasteiger partial charge in [0.25, 0.3) is 0 Å². The molecule has 0 heterocycles. The van der Waals surface area contributed by atoms with Crippen LogP contribution in [-0.4, -0.2) is 61.1 Å². The number of oxime groups is 1. The van der Waals surface area contributed by atoms with Crippen molar-refractivity contribution in [3.8, 4) is 0 Å². The summed E-state index contributed by atoms with van der Waals surface area (Å²) in [5.74, 6) is -1.03. The number of rotatable bonds is 7. The van der Waals surface area contributed by atoms with Gasteiger partial charge in [-0.3, -0.25) is 9.63 Å². The predicted molar refractivity (Wildman–Crippen MR) is 76.3 cm³/mol. The molecule has 11 nitrogen and oxygen atoms in total. The molecule has 1 atom stereocenters. The highest BCUT2D eigenvalue weighted by Crippen LogP contribution is 2.05. The summed E-state index contributed by atoms with van der Waals surface area (Å²) in [6, 6.07) is -0.956. The lowest BCUT2D eigenvalue weighted by molar-refractivity contribution is -0.138. The van der Waals surface area contributed by atoms with Crippen molar-refractivity contribution in [1.29, 1.82) is 0 Å². The summed E-state index contributed by atoms with van der Waals surface area (Å²) in [7, 11) is 2.24. The van der Waals surface area contributed by atoms with E-state index in [1.54, 1.807) is 0 Å². The van der Waals surface area contributed by atoms with Gasteiger partial charge in [0.05, 0.1) is 20.8 Å². The average Bonchev–Trinajstić information content (AvgIpc) is 2.54. The number of carboxylic acid groups (broad SMARTS) is 1. The minimum atomic E-state index is -1.09. The minimum absolute atomic E-state index is 0.0586. The number of carbonyl (C=O) groups excluding carboxylic acids is 2. The second kappa shape index (κ2) is 11.1. The van der Waals surface area contributed by atoms with Crippen LogP contribution in [-0.2, 0) is 23.9 Å². The number of hydroxylamine groups is 2. The van der Waals surface area contributed by atoms with Crippen molar-refractivity contribution in [2.75, 3.05) is 20.8 Å². The van der Waals surface area contributed by atoms with Crippen molar-refractivity contribution in [2.24, 2.45) is 10.9 Å². The lowest BCUT2D eigenvalue weighted by Gasteiger charge is -2.21. The van der Waals surface area contributed by atoms with Gasteiger partial charge in [0.15, 0.2) is 5.84 Å². The van der Waals surface area contributed by atoms with Gasteiger partial charge in [-0.25, -0.2) is 9.59 Å². The fraction of sp³-hybridized carbons (Fsp3) is 0.667. The molecule has 0 spiro atoms. The molecule has 0 aliphatic carbocycles. The van der Waals surface area contributed by atoms with Gasteiger partial charge >= 0.3 is 18.3 Å². The van der Waals surface area contributed by atoms with Crippen LogP contribution in [0.4, 0.5) is 9.59 Å². The number of carbonyl (C=O) groups is 3. The molecule has 23 heavy (non-hydrogen) atoms. The van der Waals surface area contributed by atoms with E-state index in [-0.39, 0.29) is 18.8 Å². The molecule has 0 aliphatic rings. The number of nitrogens with two attached hydrogens (primary N) is 1. The first kappa shape index (κ1) is 20.4. The lowest BCUT2D eigenvalue weighted by Crippen LogP contribution is -2.34. The number of nitrogens with zero attached hydrogens (tertiary/aromatic N) is 2. The molecular formula is C12H21N3O8. The molecule has 1 unspecified atom stereocenters. The Bertz CT molecular complexity index is 440. The maximum atomic E-state index is 11.2. The van der Waals surface area contributed by atoms with Crippen LogP contribution in [0.25, 0.3) is 0 Å². The Balaban J connectivity index is 4.53. The Kier molecular flexibility index (Phi) is 9.83. The Hall–Kier alpha value is -2.56. The van der Waals surface area contributed by atoms with Gasteiger partial charge in [-0.1, -0.05) is 5.16 Å². The van der Waals surface area contributed by atoms with Gasteiger partial charge < -0.3 is 25.2 Å². The highest BCUT2D eigenvalue weighted by atomic mass is 16.8. The highest BCUT2D eigenvalue weighted by molar-refractivity contribution is 5.80. The Morgan fingerprint density at radius 2 is 1.78 bits per heavy atom. The topological polar surface area (TPSA) is 150 Å². The van der Waals surface area contributed by atoms with Gasteiger partial charge in [-0.15, -0.1) is 0 Å². The quantitative estimate of drug-likeness (QED) is 0.170. The molecule has 0 saturated carbocycles. The summed E-state index contributed by atoms with van der Waals surface area (Å²) in [5, 5.41) is 13.2. The van der Waals surface area contributed by atoms with E-state index in [0.29, 0.717) is 12.8 Å². The Morgan fingerprint density at radius 1 is 1.17 bits per heavy atom. The summed E-state index contributed by atoms with van der Waals surface area (Å²) in [6.07, 6.45) is -0.839. The normalized spacial score (nSPS) is 12.1. The van der Waals surface area contributed by atoms with E-state index in [9.17, 15) is 14.4 Å². The monoisotopic (exact) mass is 335 g/mol. The molecule has 132 valence electrons. The third kappa shape index (κ3) is 9.14. The van der Waals surface area contributed by atoms with Crippen LogP contribution in [0, 0.1) is 0 Å². The molecular weight excluding hydrogens is 314 g/mol. The fourth-order valence-corrected chi connectivity index (χ4v) is 1.33. The van der Waals surface area contributed by atoms with Crippen molar-refractivity contribution in [2.45, 2.75) is 32.2 Å². The summed E-state index contributed by atoms with van der Waals surface area (Å²) in [6.45, 7) is 1.59. The third-order valence-corrected chi connectivity index (χ3v) is 2.57. The first-order valence-electron chi connectivity index (χ1n) is 6.63. The first-order valence-corrected chi connectivity index (χ1v) is 6.63. The van der Waals surface area contributed by atoms with Crippen molar-refractivity contribution >= 4 is 24.1 Å². The standard InChI is InChI=1S/C12H21N3O8/c1-8(14-22-11(18)20-2)15(23-12(19)21-3)7-5-4-6-9(13)10(16)17/h9H,4-7,13H2,1-3H3,(H,16,17). The van der Waals surface area contributed by atoms with Gasteiger partial charge in [0.2, 0.25) is 0 Å². The Labute approximate surface area is 132 Å². The van der Waals surface area contributed by atoms with E-state index >= 15 is 0 Å². The summed E-state index contributed by atoms with van der Waals surface area (Å²) in [4.78, 5) is 41.8. The second-order valence-corrected chi connectivity index (χ2v) is 4.27. The second-order valence-electron chi connectivity index (χ2n) is 4.27. The van der Waals surface area contributed by atoms with Gasteiger partial charge in [-0.2, -0.15) is 5.06 Å². The van der Waals surface area contributed by atoms with Crippen LogP contribution in [0.3, 0.4) is 0 Å². The summed E-state index contributed by atoms with van der Waals surface area (Å²) < 4.78 is 8.61. The number of hydrogen-bond donors (Lipinski definition) is 2. The molecule has 0 saturated heterocycles. The van der Waals surface area contributed by atoms with Crippen LogP contribution >= 0.6 is 0 Å². The van der Waals surface area contributed by atoms with E-state index in [4.69, 9.17) is 15.7 Å². The molecule has 0 amide bonds. The summed E-state index contributed by atoms with van der Waals surface area (Å²) in [5.41, 5.74) is 5.38. The zero-order chi connectivity index (χ0) is 17.8. The molecule has 11 heteroatoms. The maximum absolute atomic E-state index is 11.2. The molecule has 0 aromatic heterocycles. The molecule has 0 radical (unpaired) electrons. The van der Waals surface area contributed by atoms with E-state index < -0.39 is 24.3 Å². The predicted octanol–water partition coefficient (Wildman–Crippen LogP) is 0.685. The lowest BCUT2D eigenvalue weighted by atomic mass is 10.1. The van der Waals surface area contributed by atoms with Gasteiger partial charge in [-0.05, 0) is 19.3 Å². The molecule has 0 fully saturated rings. The zero-order valence-electron chi connectivity index (χ0n) is 13.2. The molecule has 0 aromatic rings. The number of hydrogen-bond acceptors (Lipinski definition) is 9. The number of unbranched alkanes of at least 4 members (excludes halogenated alkanes) is 1. The number of amidine groups is 1. The van der Waals surface area contributed by atoms with Crippen molar-refractivity contribution in [1.82, 2.24) is 5.06 Å². The SMILES string of the molecule is COC(=O)ON=C(C)N(CCCCC(N)C(=O)O)OC(=O)OC. The molecule has 0 bridgehead atoms. The van der Waals surface area contributed by atoms with Crippen LogP contribution in [0.2, 0.25) is 0 Å². The van der Waals surface area contributed by atoms with E-state index in [0.717, 1.165) is 19.3 Å². The minimum Gasteiger partial charge on any atom is -0.480 e. The molecule has 0 aliphatic heterocycles. The maximum Gasteiger partial charge on any atom is 0.534 e. The van der Waals surface area contributed by atoms with Crippen LogP contribution < -0.4 is 5.73 Å². The third-order valence-electron chi connectivity index (χ3n) is 2.57. The largest absolute Gasteiger partial charge is 0.534 e. The number of ether oxygens (including phenoxy) is 2. The number of aliphatic carboxylic acids is 1. The Morgan fingerprint density at radius 3 is 2.30 bits per heavy atom. The number of methoxy groups -OCH3 is 2.